The fourth-order valence-electron chi connectivity index (χ4n) is 1.84. The lowest BCUT2D eigenvalue weighted by Crippen LogP contribution is -1.63. The van der Waals surface area contributed by atoms with Crippen LogP contribution in [0.2, 0.25) is 0 Å². The highest BCUT2D eigenvalue weighted by Crippen LogP contribution is 2.21. The van der Waals surface area contributed by atoms with Crippen molar-refractivity contribution in [2.45, 2.75) is 0 Å². The molecule has 7 heteroatoms. The van der Waals surface area contributed by atoms with E-state index in [-0.39, 0.29) is 34.5 Å². The van der Waals surface area contributed by atoms with Gasteiger partial charge in [0.05, 0.1) is 0 Å². The van der Waals surface area contributed by atoms with Gasteiger partial charge in [0.1, 0.15) is 28.7 Å². The molecule has 4 aromatic rings. The molecule has 7 nitrogen and oxygen atoms in total. The SMILES string of the molecule is Oc1ccc(O)cc1.Oc1cccc(O)c1.Oc1ccccc1.Oc1ccccc1O. The first-order valence-corrected chi connectivity index (χ1v) is 8.95. The lowest BCUT2D eigenvalue weighted by atomic mass is 10.3. The Kier molecular flexibility index (Phi) is 10.8. The molecule has 0 aliphatic carbocycles. The van der Waals surface area contributed by atoms with Crippen LogP contribution in [0.1, 0.15) is 0 Å². The van der Waals surface area contributed by atoms with Gasteiger partial charge >= 0.3 is 0 Å². The average Bonchev–Trinajstić information content (AvgIpc) is 2.74. The number of hydrogen-bond acceptors (Lipinski definition) is 7. The largest absolute Gasteiger partial charge is 0.508 e. The summed E-state index contributed by atoms with van der Waals surface area (Å²) in [6, 6.07) is 26.4. The molecular weight excluding hydrogens is 400 g/mol. The van der Waals surface area contributed by atoms with Crippen LogP contribution >= 0.6 is 0 Å². The van der Waals surface area contributed by atoms with Gasteiger partial charge in [-0.3, -0.25) is 0 Å². The van der Waals surface area contributed by atoms with Crippen LogP contribution in [0.4, 0.5) is 0 Å². The molecular formula is C24H24O7. The summed E-state index contributed by atoms with van der Waals surface area (Å²) in [6.45, 7) is 0. The summed E-state index contributed by atoms with van der Waals surface area (Å²) in [7, 11) is 0. The number of rotatable bonds is 0. The van der Waals surface area contributed by atoms with Gasteiger partial charge in [0.15, 0.2) is 11.5 Å². The molecule has 0 heterocycles. The molecule has 31 heavy (non-hydrogen) atoms. The molecule has 0 saturated carbocycles. The van der Waals surface area contributed by atoms with Crippen molar-refractivity contribution in [2.24, 2.45) is 0 Å². The molecule has 0 unspecified atom stereocenters. The molecule has 0 aliphatic rings. The zero-order valence-corrected chi connectivity index (χ0v) is 16.4. The fraction of sp³-hybridized carbons (Fsp3) is 0. The molecule has 4 aromatic carbocycles. The Balaban J connectivity index is 0.000000207. The first kappa shape index (κ1) is 24.5. The minimum absolute atomic E-state index is 0.0764. The highest BCUT2D eigenvalue weighted by molar-refractivity contribution is 5.36. The number of para-hydroxylation sites is 3. The van der Waals surface area contributed by atoms with Crippen molar-refractivity contribution in [3.8, 4) is 40.2 Å². The van der Waals surface area contributed by atoms with Crippen molar-refractivity contribution < 1.29 is 35.7 Å². The predicted molar refractivity (Wildman–Crippen MR) is 117 cm³/mol. The standard InChI is InChI=1S/3C6H6O2.C6H6O/c7-5-1-2-6(8)4-3-5;7-5-2-1-3-6(8)4-5;7-5-3-1-2-4-6(5)8;7-6-4-2-1-3-5-6/h3*1-4,7-8H;1-5,7H. The molecule has 0 spiro atoms. The van der Waals surface area contributed by atoms with E-state index in [0.29, 0.717) is 5.75 Å². The predicted octanol–water partition coefficient (Wildman–Crippen LogP) is 4.69. The molecule has 0 saturated heterocycles. The Labute approximate surface area is 179 Å². The molecule has 0 bridgehead atoms. The average molecular weight is 424 g/mol. The summed E-state index contributed by atoms with van der Waals surface area (Å²) in [6.07, 6.45) is 0. The summed E-state index contributed by atoms with van der Waals surface area (Å²) in [4.78, 5) is 0. The minimum Gasteiger partial charge on any atom is -0.508 e. The van der Waals surface area contributed by atoms with E-state index in [1.54, 1.807) is 42.5 Å². The smallest absolute Gasteiger partial charge is 0.157 e. The zero-order valence-electron chi connectivity index (χ0n) is 16.4. The molecule has 7 N–H and O–H groups in total. The number of phenols is 7. The molecule has 0 fully saturated rings. The Morgan fingerprint density at radius 2 is 0.613 bits per heavy atom. The molecule has 0 aromatic heterocycles. The third kappa shape index (κ3) is 11.8. The van der Waals surface area contributed by atoms with Crippen LogP contribution in [-0.4, -0.2) is 35.7 Å². The normalized spacial score (nSPS) is 8.90. The number of aromatic hydroxyl groups is 7. The molecule has 0 radical (unpaired) electrons. The fourth-order valence-corrected chi connectivity index (χ4v) is 1.84. The van der Waals surface area contributed by atoms with E-state index in [2.05, 4.69) is 0 Å². The minimum atomic E-state index is -0.0764. The van der Waals surface area contributed by atoms with Crippen LogP contribution in [0.25, 0.3) is 0 Å². The van der Waals surface area contributed by atoms with Crippen LogP contribution in [-0.2, 0) is 0 Å². The number of benzene rings is 4. The maximum absolute atomic E-state index is 8.67. The topological polar surface area (TPSA) is 142 Å². The van der Waals surface area contributed by atoms with Crippen LogP contribution in [0, 0.1) is 0 Å². The van der Waals surface area contributed by atoms with Crippen molar-refractivity contribution in [1.82, 2.24) is 0 Å². The maximum Gasteiger partial charge on any atom is 0.157 e. The monoisotopic (exact) mass is 424 g/mol. The van der Waals surface area contributed by atoms with Crippen LogP contribution < -0.4 is 0 Å². The van der Waals surface area contributed by atoms with E-state index in [0.717, 1.165) is 0 Å². The molecule has 4 rings (SSSR count). The van der Waals surface area contributed by atoms with Crippen LogP contribution in [0.3, 0.4) is 0 Å². The van der Waals surface area contributed by atoms with Gasteiger partial charge in [-0.05, 0) is 60.7 Å². The lowest BCUT2D eigenvalue weighted by Gasteiger charge is -1.91. The van der Waals surface area contributed by atoms with Crippen molar-refractivity contribution in [3.05, 3.63) is 103 Å². The summed E-state index contributed by atoms with van der Waals surface area (Å²) >= 11 is 0. The third-order valence-electron chi connectivity index (χ3n) is 3.32. The van der Waals surface area contributed by atoms with Crippen molar-refractivity contribution in [1.29, 1.82) is 0 Å². The highest BCUT2D eigenvalue weighted by atomic mass is 16.3. The Hall–Kier alpha value is -4.52. The Morgan fingerprint density at radius 1 is 0.290 bits per heavy atom. The van der Waals surface area contributed by atoms with E-state index in [9.17, 15) is 0 Å². The Morgan fingerprint density at radius 3 is 0.871 bits per heavy atom. The van der Waals surface area contributed by atoms with E-state index in [1.165, 1.54) is 54.6 Å². The van der Waals surface area contributed by atoms with E-state index in [1.807, 2.05) is 6.07 Å². The third-order valence-corrected chi connectivity index (χ3v) is 3.32. The van der Waals surface area contributed by atoms with Gasteiger partial charge in [0.25, 0.3) is 0 Å². The van der Waals surface area contributed by atoms with Gasteiger partial charge < -0.3 is 35.7 Å². The van der Waals surface area contributed by atoms with Gasteiger partial charge in [0, 0.05) is 6.07 Å². The molecule has 162 valence electrons. The maximum atomic E-state index is 8.67. The van der Waals surface area contributed by atoms with E-state index < -0.39 is 0 Å². The second-order valence-corrected chi connectivity index (χ2v) is 5.86. The first-order valence-electron chi connectivity index (χ1n) is 8.95. The van der Waals surface area contributed by atoms with Crippen molar-refractivity contribution in [2.75, 3.05) is 0 Å². The molecule has 0 aliphatic heterocycles. The summed E-state index contributed by atoms with van der Waals surface area (Å²) in [5.74, 6) is 0.683. The van der Waals surface area contributed by atoms with Crippen LogP contribution in [0.5, 0.6) is 40.2 Å². The van der Waals surface area contributed by atoms with Gasteiger partial charge in [-0.1, -0.05) is 36.4 Å². The summed E-state index contributed by atoms with van der Waals surface area (Å²) in [5, 5.41) is 60.6. The van der Waals surface area contributed by atoms with Gasteiger partial charge in [-0.25, -0.2) is 0 Å². The molecule has 0 amide bonds. The van der Waals surface area contributed by atoms with E-state index in [4.69, 9.17) is 35.7 Å². The first-order chi connectivity index (χ1) is 14.8. The van der Waals surface area contributed by atoms with Crippen molar-refractivity contribution >= 4 is 0 Å². The zero-order chi connectivity index (χ0) is 23.1. The van der Waals surface area contributed by atoms with Crippen LogP contribution in [0.15, 0.2) is 103 Å². The summed E-state index contributed by atoms with van der Waals surface area (Å²) in [5.41, 5.74) is 0. The second-order valence-electron chi connectivity index (χ2n) is 5.86. The van der Waals surface area contributed by atoms with Gasteiger partial charge in [-0.15, -0.1) is 0 Å². The number of hydrogen-bond donors (Lipinski definition) is 7. The Bertz CT molecular complexity index is 944. The highest BCUT2D eigenvalue weighted by Gasteiger charge is 1.90. The number of phenolic OH excluding ortho intramolecular Hbond substituents is 7. The van der Waals surface area contributed by atoms with Gasteiger partial charge in [0.2, 0.25) is 0 Å². The lowest BCUT2D eigenvalue weighted by molar-refractivity contribution is 0.404. The molecule has 0 atom stereocenters. The summed E-state index contributed by atoms with van der Waals surface area (Å²) < 4.78 is 0. The van der Waals surface area contributed by atoms with Gasteiger partial charge in [-0.2, -0.15) is 0 Å². The van der Waals surface area contributed by atoms with E-state index >= 15 is 0 Å². The second kappa shape index (κ2) is 13.6. The van der Waals surface area contributed by atoms with Crippen molar-refractivity contribution in [3.63, 3.8) is 0 Å². The quantitative estimate of drug-likeness (QED) is 0.160.